The quantitative estimate of drug-likeness (QED) is 0.510. The molecule has 0 amide bonds. The maximum absolute atomic E-state index is 14.6. The topological polar surface area (TPSA) is 114 Å². The van der Waals surface area contributed by atoms with Crippen LogP contribution in [-0.4, -0.2) is 46.9 Å². The van der Waals surface area contributed by atoms with Crippen LogP contribution in [0.25, 0.3) is 0 Å². The van der Waals surface area contributed by atoms with Crippen molar-refractivity contribution in [3.05, 3.63) is 47.6 Å². The monoisotopic (exact) mass is 500 g/mol. The molecule has 186 valence electrons. The van der Waals surface area contributed by atoms with Crippen LogP contribution < -0.4 is 10.2 Å². The van der Waals surface area contributed by atoms with E-state index in [1.807, 2.05) is 20.8 Å². The van der Waals surface area contributed by atoms with Crippen LogP contribution in [0.5, 0.6) is 0 Å². The SMILES string of the molecule is Cc1c(Nc2ccc(S(C)(=O)=O)cc2F)ncnc1N1C2CCC1[C@H](Cc1nc(C(C)C)no1)C2. The molecule has 2 fully saturated rings. The molecule has 2 aromatic heterocycles. The minimum absolute atomic E-state index is 0.0675. The zero-order valence-electron chi connectivity index (χ0n) is 20.2. The van der Waals surface area contributed by atoms with Crippen molar-refractivity contribution < 1.29 is 17.3 Å². The van der Waals surface area contributed by atoms with E-state index in [0.717, 1.165) is 55.2 Å². The molecule has 35 heavy (non-hydrogen) atoms. The Hall–Kier alpha value is -3.08. The van der Waals surface area contributed by atoms with E-state index in [0.29, 0.717) is 29.7 Å². The number of halogens is 1. The molecule has 0 spiro atoms. The van der Waals surface area contributed by atoms with E-state index in [4.69, 9.17) is 4.52 Å². The van der Waals surface area contributed by atoms with Crippen LogP contribution in [-0.2, 0) is 16.3 Å². The van der Waals surface area contributed by atoms with Gasteiger partial charge in [-0.25, -0.2) is 22.8 Å². The lowest BCUT2D eigenvalue weighted by atomic mass is 9.87. The molecule has 2 aliphatic rings. The van der Waals surface area contributed by atoms with E-state index < -0.39 is 15.7 Å². The molecule has 0 aliphatic carbocycles. The smallest absolute Gasteiger partial charge is 0.227 e. The summed E-state index contributed by atoms with van der Waals surface area (Å²) in [5.74, 6) is 2.70. The third-order valence-corrected chi connectivity index (χ3v) is 8.14. The average Bonchev–Trinajstić information content (AvgIpc) is 3.51. The fraction of sp³-hybridized carbons (Fsp3) is 0.500. The van der Waals surface area contributed by atoms with E-state index in [-0.39, 0.29) is 16.5 Å². The lowest BCUT2D eigenvalue weighted by molar-refractivity contribution is 0.324. The predicted molar refractivity (Wildman–Crippen MR) is 129 cm³/mol. The second kappa shape index (κ2) is 8.85. The van der Waals surface area contributed by atoms with Gasteiger partial charge in [0.1, 0.15) is 23.8 Å². The van der Waals surface area contributed by atoms with Crippen LogP contribution in [0.15, 0.2) is 33.9 Å². The van der Waals surface area contributed by atoms with Gasteiger partial charge in [0, 0.05) is 36.2 Å². The summed E-state index contributed by atoms with van der Waals surface area (Å²) in [6.45, 7) is 6.01. The molecule has 2 aliphatic heterocycles. The van der Waals surface area contributed by atoms with E-state index in [1.165, 1.54) is 18.5 Å². The Kier molecular flexibility index (Phi) is 5.98. The third-order valence-electron chi connectivity index (χ3n) is 7.03. The first-order valence-electron chi connectivity index (χ1n) is 11.8. The number of sulfone groups is 1. The van der Waals surface area contributed by atoms with Crippen molar-refractivity contribution in [2.75, 3.05) is 16.5 Å². The minimum atomic E-state index is -3.49. The molecule has 2 unspecified atom stereocenters. The Balaban J connectivity index is 1.37. The van der Waals surface area contributed by atoms with Gasteiger partial charge in [0.15, 0.2) is 15.7 Å². The van der Waals surface area contributed by atoms with Gasteiger partial charge in [0.05, 0.1) is 10.6 Å². The second-order valence-electron chi connectivity index (χ2n) is 9.82. The first-order chi connectivity index (χ1) is 16.6. The van der Waals surface area contributed by atoms with E-state index in [2.05, 4.69) is 30.3 Å². The van der Waals surface area contributed by atoms with Crippen molar-refractivity contribution in [1.29, 1.82) is 0 Å². The largest absolute Gasteiger partial charge is 0.350 e. The van der Waals surface area contributed by atoms with Gasteiger partial charge in [-0.05, 0) is 50.3 Å². The highest BCUT2D eigenvalue weighted by atomic mass is 32.2. The number of nitrogens with one attached hydrogen (secondary N) is 1. The van der Waals surface area contributed by atoms with Gasteiger partial charge in [0.2, 0.25) is 5.89 Å². The number of fused-ring (bicyclic) bond motifs is 2. The van der Waals surface area contributed by atoms with Crippen molar-refractivity contribution >= 4 is 27.2 Å². The van der Waals surface area contributed by atoms with Crippen molar-refractivity contribution in [3.63, 3.8) is 0 Å². The fourth-order valence-electron chi connectivity index (χ4n) is 5.25. The molecule has 11 heteroatoms. The summed E-state index contributed by atoms with van der Waals surface area (Å²) in [6.07, 6.45) is 6.45. The Labute approximate surface area is 204 Å². The van der Waals surface area contributed by atoms with Crippen LogP contribution in [0, 0.1) is 18.7 Å². The summed E-state index contributed by atoms with van der Waals surface area (Å²) in [6, 6.07) is 4.48. The minimum Gasteiger partial charge on any atom is -0.350 e. The van der Waals surface area contributed by atoms with Crippen molar-refractivity contribution in [3.8, 4) is 0 Å². The van der Waals surface area contributed by atoms with E-state index in [1.54, 1.807) is 0 Å². The Morgan fingerprint density at radius 2 is 2.06 bits per heavy atom. The highest BCUT2D eigenvalue weighted by Crippen LogP contribution is 2.46. The van der Waals surface area contributed by atoms with Crippen molar-refractivity contribution in [1.82, 2.24) is 20.1 Å². The molecule has 4 heterocycles. The fourth-order valence-corrected chi connectivity index (χ4v) is 5.89. The lowest BCUT2D eigenvalue weighted by Crippen LogP contribution is -2.32. The molecule has 0 saturated carbocycles. The highest BCUT2D eigenvalue weighted by Gasteiger charge is 2.47. The van der Waals surface area contributed by atoms with Crippen LogP contribution in [0.3, 0.4) is 0 Å². The maximum Gasteiger partial charge on any atom is 0.227 e. The molecular formula is C24H29FN6O3S. The average molecular weight is 501 g/mol. The molecule has 1 aromatic carbocycles. The molecule has 9 nitrogen and oxygen atoms in total. The molecule has 1 N–H and O–H groups in total. The third kappa shape index (κ3) is 4.49. The molecular weight excluding hydrogens is 471 g/mol. The van der Waals surface area contributed by atoms with Crippen LogP contribution in [0.1, 0.15) is 56.3 Å². The zero-order valence-corrected chi connectivity index (χ0v) is 21.0. The normalized spacial score (nSPS) is 21.8. The summed E-state index contributed by atoms with van der Waals surface area (Å²) >= 11 is 0. The van der Waals surface area contributed by atoms with Crippen LogP contribution in [0.2, 0.25) is 0 Å². The molecule has 0 radical (unpaired) electrons. The molecule has 2 bridgehead atoms. The summed E-state index contributed by atoms with van der Waals surface area (Å²) in [5, 5.41) is 7.11. The number of aromatic nitrogens is 4. The molecule has 2 saturated heterocycles. The molecule has 3 aromatic rings. The van der Waals surface area contributed by atoms with Gasteiger partial charge in [-0.3, -0.25) is 0 Å². The Morgan fingerprint density at radius 1 is 1.26 bits per heavy atom. The van der Waals surface area contributed by atoms with Crippen molar-refractivity contribution in [2.45, 2.75) is 69.4 Å². The second-order valence-corrected chi connectivity index (χ2v) is 11.8. The standard InChI is InChI=1S/C24H29FN6O3S/c1-13(2)22-29-21(34-30-22)10-15-9-16-5-8-20(15)31(16)24-14(3)23(26-12-27-24)28-19-7-6-17(11-18(19)25)35(4,32)33/h6-7,11-13,15-16,20H,5,8-10H2,1-4H3,(H,26,27,28)/t15-,16?,20?/m0/s1. The number of nitrogens with zero attached hydrogens (tertiary/aromatic N) is 5. The van der Waals surface area contributed by atoms with Gasteiger partial charge in [-0.1, -0.05) is 19.0 Å². The van der Waals surface area contributed by atoms with Gasteiger partial charge < -0.3 is 14.7 Å². The summed E-state index contributed by atoms with van der Waals surface area (Å²) < 4.78 is 43.6. The van der Waals surface area contributed by atoms with Crippen LogP contribution in [0.4, 0.5) is 21.7 Å². The first kappa shape index (κ1) is 23.7. The maximum atomic E-state index is 14.6. The van der Waals surface area contributed by atoms with E-state index >= 15 is 0 Å². The summed E-state index contributed by atoms with van der Waals surface area (Å²) in [5.41, 5.74) is 0.973. The van der Waals surface area contributed by atoms with Gasteiger partial charge >= 0.3 is 0 Å². The number of benzene rings is 1. The highest BCUT2D eigenvalue weighted by molar-refractivity contribution is 7.90. The van der Waals surface area contributed by atoms with Crippen molar-refractivity contribution in [2.24, 2.45) is 5.92 Å². The summed E-state index contributed by atoms with van der Waals surface area (Å²) in [7, 11) is -3.49. The van der Waals surface area contributed by atoms with Gasteiger partial charge in [0.25, 0.3) is 0 Å². The van der Waals surface area contributed by atoms with Gasteiger partial charge in [-0.15, -0.1) is 0 Å². The first-order valence-corrected chi connectivity index (χ1v) is 13.7. The molecule has 5 rings (SSSR count). The lowest BCUT2D eigenvalue weighted by Gasteiger charge is -2.27. The van der Waals surface area contributed by atoms with E-state index in [9.17, 15) is 12.8 Å². The summed E-state index contributed by atoms with van der Waals surface area (Å²) in [4.78, 5) is 15.8. The number of anilines is 3. The Morgan fingerprint density at radius 3 is 2.74 bits per heavy atom. The Bertz CT molecular complexity index is 1360. The number of hydrogen-bond acceptors (Lipinski definition) is 9. The van der Waals surface area contributed by atoms with Gasteiger partial charge in [-0.2, -0.15) is 4.98 Å². The molecule has 3 atom stereocenters. The number of rotatable bonds is 7. The predicted octanol–water partition coefficient (Wildman–Crippen LogP) is 4.18. The van der Waals surface area contributed by atoms with Crippen LogP contribution >= 0.6 is 0 Å². The zero-order chi connectivity index (χ0) is 24.9. The number of hydrogen-bond donors (Lipinski definition) is 1.